The molecular weight excluding hydrogens is 293 g/mol. The van der Waals surface area contributed by atoms with Crippen molar-refractivity contribution in [3.63, 3.8) is 0 Å². The predicted octanol–water partition coefficient (Wildman–Crippen LogP) is 1.47. The van der Waals surface area contributed by atoms with Crippen LogP contribution in [0.15, 0.2) is 27.8 Å². The Hall–Kier alpha value is -1.76. The van der Waals surface area contributed by atoms with Gasteiger partial charge in [-0.3, -0.25) is 10.1 Å². The molecule has 2 rings (SSSR count). The van der Waals surface area contributed by atoms with Crippen LogP contribution in [0.2, 0.25) is 0 Å². The number of imide groups is 1. The Morgan fingerprint density at radius 3 is 2.82 bits per heavy atom. The van der Waals surface area contributed by atoms with Gasteiger partial charge in [-0.15, -0.1) is 0 Å². The minimum Gasteiger partial charge on any atom is -0.275 e. The lowest BCUT2D eigenvalue weighted by Gasteiger charge is -2.04. The van der Waals surface area contributed by atoms with Crippen molar-refractivity contribution < 1.29 is 14.0 Å². The van der Waals surface area contributed by atoms with Crippen LogP contribution < -0.4 is 5.32 Å². The fourth-order valence-corrected chi connectivity index (χ4v) is 1.65. The third-order valence-corrected chi connectivity index (χ3v) is 2.67. The summed E-state index contributed by atoms with van der Waals surface area (Å²) in [5.41, 5.74) is 0.616. The SMILES string of the molecule is O=C1CN(/N=C\c2ccc(F)c(Br)c2)C(=O)N1. The van der Waals surface area contributed by atoms with Crippen molar-refractivity contribution in [1.29, 1.82) is 0 Å². The van der Waals surface area contributed by atoms with Crippen LogP contribution in [0.3, 0.4) is 0 Å². The zero-order valence-corrected chi connectivity index (χ0v) is 10.1. The molecule has 88 valence electrons. The minimum absolute atomic E-state index is 0.0995. The second kappa shape index (κ2) is 4.62. The van der Waals surface area contributed by atoms with Gasteiger partial charge in [-0.1, -0.05) is 6.07 Å². The second-order valence-electron chi connectivity index (χ2n) is 3.33. The summed E-state index contributed by atoms with van der Waals surface area (Å²) in [5.74, 6) is -0.774. The van der Waals surface area contributed by atoms with E-state index in [1.165, 1.54) is 24.4 Å². The maximum atomic E-state index is 12.9. The number of amides is 3. The van der Waals surface area contributed by atoms with Crippen LogP contribution in [-0.2, 0) is 4.79 Å². The summed E-state index contributed by atoms with van der Waals surface area (Å²) in [4.78, 5) is 22.0. The molecule has 0 unspecified atom stereocenters. The second-order valence-corrected chi connectivity index (χ2v) is 4.18. The maximum Gasteiger partial charge on any atom is 0.344 e. The molecule has 3 amide bonds. The molecule has 0 bridgehead atoms. The molecule has 1 fully saturated rings. The number of carbonyl (C=O) groups is 2. The third kappa shape index (κ3) is 2.68. The average Bonchev–Trinajstić information content (AvgIpc) is 2.59. The summed E-state index contributed by atoms with van der Waals surface area (Å²) in [5, 5.41) is 6.92. The van der Waals surface area contributed by atoms with Crippen molar-refractivity contribution in [3.05, 3.63) is 34.1 Å². The van der Waals surface area contributed by atoms with E-state index in [0.717, 1.165) is 5.01 Å². The van der Waals surface area contributed by atoms with Gasteiger partial charge in [0, 0.05) is 0 Å². The molecule has 1 aromatic rings. The smallest absolute Gasteiger partial charge is 0.275 e. The molecular formula is C10H7BrFN3O2. The maximum absolute atomic E-state index is 12.9. The number of nitrogens with zero attached hydrogens (tertiary/aromatic N) is 2. The van der Waals surface area contributed by atoms with Crippen LogP contribution in [0.25, 0.3) is 0 Å². The number of urea groups is 1. The number of hydrogen-bond acceptors (Lipinski definition) is 3. The molecule has 0 radical (unpaired) electrons. The largest absolute Gasteiger partial charge is 0.344 e. The van der Waals surface area contributed by atoms with Gasteiger partial charge < -0.3 is 0 Å². The quantitative estimate of drug-likeness (QED) is 0.664. The lowest BCUT2D eigenvalue weighted by atomic mass is 10.2. The molecule has 1 aliphatic heterocycles. The van der Waals surface area contributed by atoms with Gasteiger partial charge in [0.1, 0.15) is 12.4 Å². The molecule has 0 saturated carbocycles. The molecule has 17 heavy (non-hydrogen) atoms. The van der Waals surface area contributed by atoms with Gasteiger partial charge in [0.05, 0.1) is 10.7 Å². The van der Waals surface area contributed by atoms with E-state index in [1.54, 1.807) is 0 Å². The molecule has 1 saturated heterocycles. The first kappa shape index (κ1) is 11.7. The van der Waals surface area contributed by atoms with Gasteiger partial charge >= 0.3 is 6.03 Å². The van der Waals surface area contributed by atoms with Crippen molar-refractivity contribution in [2.75, 3.05) is 6.54 Å². The molecule has 7 heteroatoms. The van der Waals surface area contributed by atoms with Crippen LogP contribution in [-0.4, -0.2) is 29.7 Å². The molecule has 0 atom stereocenters. The Bertz CT molecular complexity index is 518. The van der Waals surface area contributed by atoms with Gasteiger partial charge in [-0.25, -0.2) is 14.2 Å². The molecule has 1 heterocycles. The van der Waals surface area contributed by atoms with Gasteiger partial charge in [0.15, 0.2) is 0 Å². The van der Waals surface area contributed by atoms with E-state index in [9.17, 15) is 14.0 Å². The van der Waals surface area contributed by atoms with Crippen molar-refractivity contribution in [3.8, 4) is 0 Å². The van der Waals surface area contributed by atoms with Gasteiger partial charge in [-0.05, 0) is 33.6 Å². The van der Waals surface area contributed by atoms with E-state index in [4.69, 9.17) is 0 Å². The van der Waals surface area contributed by atoms with E-state index in [1.807, 2.05) is 0 Å². The highest BCUT2D eigenvalue weighted by Gasteiger charge is 2.25. The number of rotatable bonds is 2. The summed E-state index contributed by atoms with van der Waals surface area (Å²) >= 11 is 3.04. The molecule has 1 N–H and O–H groups in total. The van der Waals surface area contributed by atoms with Crippen molar-refractivity contribution in [2.45, 2.75) is 0 Å². The van der Waals surface area contributed by atoms with E-state index in [0.29, 0.717) is 10.0 Å². The fraction of sp³-hybridized carbons (Fsp3) is 0.100. The minimum atomic E-state index is -0.563. The number of halogens is 2. The Balaban J connectivity index is 2.12. The highest BCUT2D eigenvalue weighted by molar-refractivity contribution is 9.10. The van der Waals surface area contributed by atoms with Gasteiger partial charge in [0.2, 0.25) is 5.91 Å². The summed E-state index contributed by atoms with van der Waals surface area (Å²) in [6.07, 6.45) is 1.38. The summed E-state index contributed by atoms with van der Waals surface area (Å²) < 4.78 is 13.3. The number of hydrazone groups is 1. The number of hydrogen-bond donors (Lipinski definition) is 1. The fourth-order valence-electron chi connectivity index (χ4n) is 1.25. The molecule has 5 nitrogen and oxygen atoms in total. The Labute approximate surface area is 104 Å². The average molecular weight is 300 g/mol. The number of benzene rings is 1. The first-order chi connectivity index (χ1) is 8.06. The lowest BCUT2D eigenvalue weighted by Crippen LogP contribution is -2.24. The topological polar surface area (TPSA) is 61.8 Å². The Morgan fingerprint density at radius 2 is 2.24 bits per heavy atom. The van der Waals surface area contributed by atoms with Crippen LogP contribution in [0.4, 0.5) is 9.18 Å². The van der Waals surface area contributed by atoms with Crippen molar-refractivity contribution in [1.82, 2.24) is 10.3 Å². The first-order valence-corrected chi connectivity index (χ1v) is 5.46. The molecule has 0 aliphatic carbocycles. The summed E-state index contributed by atoms with van der Waals surface area (Å²) in [6, 6.07) is 3.75. The zero-order valence-electron chi connectivity index (χ0n) is 8.48. The summed E-state index contributed by atoms with van der Waals surface area (Å²) in [7, 11) is 0. The van der Waals surface area contributed by atoms with E-state index < -0.39 is 11.9 Å². The highest BCUT2D eigenvalue weighted by atomic mass is 79.9. The molecule has 1 aromatic carbocycles. The number of nitrogens with one attached hydrogen (secondary N) is 1. The van der Waals surface area contributed by atoms with Crippen LogP contribution in [0.1, 0.15) is 5.56 Å². The van der Waals surface area contributed by atoms with Crippen LogP contribution >= 0.6 is 15.9 Å². The van der Waals surface area contributed by atoms with Gasteiger partial charge in [-0.2, -0.15) is 5.10 Å². The van der Waals surface area contributed by atoms with Crippen molar-refractivity contribution in [2.24, 2.45) is 5.10 Å². The predicted molar refractivity (Wildman–Crippen MR) is 61.9 cm³/mol. The zero-order chi connectivity index (χ0) is 12.4. The Kier molecular flexibility index (Phi) is 3.19. The standard InChI is InChI=1S/C10H7BrFN3O2/c11-7-3-6(1-2-8(7)12)4-13-15-5-9(16)14-10(15)17/h1-4H,5H2,(H,14,16,17)/b13-4-. The van der Waals surface area contributed by atoms with Crippen LogP contribution in [0.5, 0.6) is 0 Å². The van der Waals surface area contributed by atoms with E-state index >= 15 is 0 Å². The Morgan fingerprint density at radius 1 is 1.47 bits per heavy atom. The van der Waals surface area contributed by atoms with E-state index in [2.05, 4.69) is 26.3 Å². The molecule has 0 aromatic heterocycles. The lowest BCUT2D eigenvalue weighted by molar-refractivity contribution is -0.118. The van der Waals surface area contributed by atoms with Crippen LogP contribution in [0, 0.1) is 5.82 Å². The third-order valence-electron chi connectivity index (χ3n) is 2.06. The molecule has 1 aliphatic rings. The van der Waals surface area contributed by atoms with E-state index in [-0.39, 0.29) is 12.4 Å². The van der Waals surface area contributed by atoms with Crippen molar-refractivity contribution >= 4 is 34.1 Å². The summed E-state index contributed by atoms with van der Waals surface area (Å²) in [6.45, 7) is -0.0995. The first-order valence-electron chi connectivity index (χ1n) is 4.66. The highest BCUT2D eigenvalue weighted by Crippen LogP contribution is 2.15. The molecule has 0 spiro atoms. The normalized spacial score (nSPS) is 15.8. The number of carbonyl (C=O) groups excluding carboxylic acids is 2. The monoisotopic (exact) mass is 299 g/mol. The van der Waals surface area contributed by atoms with Gasteiger partial charge in [0.25, 0.3) is 0 Å².